The minimum atomic E-state index is 0.00617. The van der Waals surface area contributed by atoms with Crippen LogP contribution in [0.4, 0.5) is 0 Å². The van der Waals surface area contributed by atoms with Crippen molar-refractivity contribution in [2.75, 3.05) is 0 Å². The van der Waals surface area contributed by atoms with E-state index < -0.39 is 0 Å². The van der Waals surface area contributed by atoms with Gasteiger partial charge in [0.15, 0.2) is 5.78 Å². The largest absolute Gasteiger partial charge is 0.293 e. The van der Waals surface area contributed by atoms with Crippen LogP contribution in [0.15, 0.2) is 29.9 Å². The van der Waals surface area contributed by atoms with Gasteiger partial charge in [0.25, 0.3) is 0 Å². The van der Waals surface area contributed by atoms with E-state index in [2.05, 4.69) is 4.98 Å². The number of hydrogen-bond acceptors (Lipinski definition) is 3. The first kappa shape index (κ1) is 11.6. The highest BCUT2D eigenvalue weighted by Gasteiger charge is 2.12. The quantitative estimate of drug-likeness (QED) is 0.794. The molecule has 2 nitrogen and oxygen atoms in total. The van der Waals surface area contributed by atoms with E-state index in [1.54, 1.807) is 29.9 Å². The maximum atomic E-state index is 11.8. The lowest BCUT2D eigenvalue weighted by molar-refractivity contribution is 0.0996. The van der Waals surface area contributed by atoms with Gasteiger partial charge in [0.05, 0.1) is 20.4 Å². The van der Waals surface area contributed by atoms with Gasteiger partial charge in [-0.25, -0.2) is 0 Å². The predicted octanol–water partition coefficient (Wildman–Crippen LogP) is 3.88. The number of Topliss-reactive ketones (excluding diaryl/α,β-unsaturated/α-hetero) is 1. The zero-order chi connectivity index (χ0) is 11.5. The Hall–Kier alpha value is -0.900. The first-order valence-corrected chi connectivity index (χ1v) is 6.16. The molecule has 82 valence electrons. The number of ketones is 1. The molecule has 16 heavy (non-hydrogen) atoms. The van der Waals surface area contributed by atoms with Crippen molar-refractivity contribution in [2.45, 2.75) is 6.42 Å². The lowest BCUT2D eigenvalue weighted by Gasteiger charge is -2.03. The molecule has 0 aliphatic carbocycles. The van der Waals surface area contributed by atoms with Crippen molar-refractivity contribution in [3.05, 3.63) is 50.4 Å². The van der Waals surface area contributed by atoms with Gasteiger partial charge in [-0.1, -0.05) is 35.3 Å². The van der Waals surface area contributed by atoms with E-state index in [4.69, 9.17) is 23.2 Å². The summed E-state index contributed by atoms with van der Waals surface area (Å²) >= 11 is 13.2. The van der Waals surface area contributed by atoms with Crippen molar-refractivity contribution in [2.24, 2.45) is 0 Å². The third-order valence-electron chi connectivity index (χ3n) is 2.09. The van der Waals surface area contributed by atoms with Crippen molar-refractivity contribution in [1.82, 2.24) is 4.98 Å². The molecule has 5 heteroatoms. The Balaban J connectivity index is 2.22. The van der Waals surface area contributed by atoms with Crippen LogP contribution in [0.3, 0.4) is 0 Å². The molecule has 0 saturated heterocycles. The molecule has 1 heterocycles. The Kier molecular flexibility index (Phi) is 3.59. The molecule has 0 bridgehead atoms. The number of hydrogen-bond donors (Lipinski definition) is 0. The standard InChI is InChI=1S/C11H7Cl2NOS/c12-8-3-1-2-7(11(8)13)4-9(15)10-5-14-6-16-10/h1-3,5-6H,4H2. The van der Waals surface area contributed by atoms with Gasteiger partial charge in [0, 0.05) is 12.6 Å². The normalized spacial score (nSPS) is 10.4. The van der Waals surface area contributed by atoms with Crippen LogP contribution in [-0.4, -0.2) is 10.8 Å². The van der Waals surface area contributed by atoms with Gasteiger partial charge in [0.1, 0.15) is 0 Å². The Morgan fingerprint density at radius 3 is 2.88 bits per heavy atom. The molecule has 0 radical (unpaired) electrons. The van der Waals surface area contributed by atoms with Gasteiger partial charge in [-0.3, -0.25) is 9.78 Å². The summed E-state index contributed by atoms with van der Waals surface area (Å²) < 4.78 is 0. The number of carbonyl (C=O) groups is 1. The maximum absolute atomic E-state index is 11.8. The van der Waals surface area contributed by atoms with Crippen molar-refractivity contribution in [1.29, 1.82) is 0 Å². The van der Waals surface area contributed by atoms with E-state index in [0.717, 1.165) is 5.56 Å². The molecule has 0 amide bonds. The molecule has 0 saturated carbocycles. The number of aromatic nitrogens is 1. The van der Waals surface area contributed by atoms with E-state index in [-0.39, 0.29) is 12.2 Å². The van der Waals surface area contributed by atoms with Crippen LogP contribution in [0.25, 0.3) is 0 Å². The highest BCUT2D eigenvalue weighted by molar-refractivity contribution is 7.11. The van der Waals surface area contributed by atoms with Crippen molar-refractivity contribution < 1.29 is 4.79 Å². The zero-order valence-electron chi connectivity index (χ0n) is 8.11. The second-order valence-electron chi connectivity index (χ2n) is 3.18. The van der Waals surface area contributed by atoms with Crippen LogP contribution < -0.4 is 0 Å². The van der Waals surface area contributed by atoms with Gasteiger partial charge < -0.3 is 0 Å². The summed E-state index contributed by atoms with van der Waals surface area (Å²) in [6.07, 6.45) is 1.81. The minimum Gasteiger partial charge on any atom is -0.293 e. The van der Waals surface area contributed by atoms with Crippen LogP contribution in [0.5, 0.6) is 0 Å². The molecule has 2 rings (SSSR count). The maximum Gasteiger partial charge on any atom is 0.178 e. The number of rotatable bonds is 3. The van der Waals surface area contributed by atoms with Gasteiger partial charge in [-0.2, -0.15) is 0 Å². The van der Waals surface area contributed by atoms with Crippen LogP contribution >= 0.6 is 34.5 Å². The molecule has 0 aliphatic heterocycles. The first-order chi connectivity index (χ1) is 7.68. The van der Waals surface area contributed by atoms with Gasteiger partial charge in [-0.05, 0) is 11.6 Å². The molecule has 0 aliphatic rings. The fraction of sp³-hybridized carbons (Fsp3) is 0.0909. The van der Waals surface area contributed by atoms with Gasteiger partial charge >= 0.3 is 0 Å². The highest BCUT2D eigenvalue weighted by atomic mass is 35.5. The molecular formula is C11H7Cl2NOS. The fourth-order valence-corrected chi connectivity index (χ4v) is 2.25. The van der Waals surface area contributed by atoms with Crippen LogP contribution in [-0.2, 0) is 6.42 Å². The van der Waals surface area contributed by atoms with Crippen LogP contribution in [0.1, 0.15) is 15.2 Å². The first-order valence-electron chi connectivity index (χ1n) is 4.53. The monoisotopic (exact) mass is 271 g/mol. The minimum absolute atomic E-state index is 0.00617. The Morgan fingerprint density at radius 1 is 1.38 bits per heavy atom. The van der Waals surface area contributed by atoms with E-state index in [9.17, 15) is 4.79 Å². The molecule has 1 aromatic heterocycles. The number of benzene rings is 1. The Labute approximate surface area is 107 Å². The molecule has 2 aromatic rings. The van der Waals surface area contributed by atoms with Gasteiger partial charge in [-0.15, -0.1) is 11.3 Å². The lowest BCUT2D eigenvalue weighted by Crippen LogP contribution is -2.01. The van der Waals surface area contributed by atoms with Crippen LogP contribution in [0, 0.1) is 0 Å². The van der Waals surface area contributed by atoms with E-state index >= 15 is 0 Å². The summed E-state index contributed by atoms with van der Waals surface area (Å²) in [6.45, 7) is 0. The van der Waals surface area contributed by atoms with Crippen molar-refractivity contribution in [3.8, 4) is 0 Å². The summed E-state index contributed by atoms with van der Waals surface area (Å²) in [5.41, 5.74) is 2.37. The lowest BCUT2D eigenvalue weighted by atomic mass is 10.1. The molecule has 0 atom stereocenters. The van der Waals surface area contributed by atoms with Crippen molar-refractivity contribution in [3.63, 3.8) is 0 Å². The predicted molar refractivity (Wildman–Crippen MR) is 66.6 cm³/mol. The van der Waals surface area contributed by atoms with Gasteiger partial charge in [0.2, 0.25) is 0 Å². The number of carbonyl (C=O) groups excluding carboxylic acids is 1. The Bertz CT molecular complexity index is 511. The highest BCUT2D eigenvalue weighted by Crippen LogP contribution is 2.26. The van der Waals surface area contributed by atoms with E-state index in [0.29, 0.717) is 14.9 Å². The van der Waals surface area contributed by atoms with Crippen molar-refractivity contribution >= 4 is 40.3 Å². The molecule has 0 N–H and O–H groups in total. The molecule has 0 spiro atoms. The molecule has 0 fully saturated rings. The number of nitrogens with zero attached hydrogens (tertiary/aromatic N) is 1. The fourth-order valence-electron chi connectivity index (χ4n) is 1.30. The summed E-state index contributed by atoms with van der Waals surface area (Å²) in [5, 5.41) is 0.915. The molecule has 1 aromatic carbocycles. The van der Waals surface area contributed by atoms with Crippen LogP contribution in [0.2, 0.25) is 10.0 Å². The summed E-state index contributed by atoms with van der Waals surface area (Å²) in [6, 6.07) is 5.28. The SMILES string of the molecule is O=C(Cc1cccc(Cl)c1Cl)c1cncs1. The zero-order valence-corrected chi connectivity index (χ0v) is 10.4. The third-order valence-corrected chi connectivity index (χ3v) is 3.76. The Morgan fingerprint density at radius 2 is 2.19 bits per heavy atom. The molecule has 0 unspecified atom stereocenters. The second kappa shape index (κ2) is 4.95. The van der Waals surface area contributed by atoms with E-state index in [1.165, 1.54) is 11.3 Å². The number of thiazole rings is 1. The third kappa shape index (κ3) is 2.43. The summed E-state index contributed by atoms with van der Waals surface area (Å²) in [5.74, 6) is 0.00617. The summed E-state index contributed by atoms with van der Waals surface area (Å²) in [4.78, 5) is 16.3. The molecular weight excluding hydrogens is 265 g/mol. The average Bonchev–Trinajstić information content (AvgIpc) is 2.78. The second-order valence-corrected chi connectivity index (χ2v) is 4.85. The topological polar surface area (TPSA) is 30.0 Å². The summed E-state index contributed by atoms with van der Waals surface area (Å²) in [7, 11) is 0. The smallest absolute Gasteiger partial charge is 0.178 e. The number of halogens is 2. The average molecular weight is 272 g/mol. The van der Waals surface area contributed by atoms with E-state index in [1.807, 2.05) is 0 Å².